The third-order valence-corrected chi connectivity index (χ3v) is 4.93. The second-order valence-corrected chi connectivity index (χ2v) is 7.63. The fourth-order valence-electron chi connectivity index (χ4n) is 1.90. The van der Waals surface area contributed by atoms with Gasteiger partial charge in [-0.3, -0.25) is 4.79 Å². The lowest BCUT2D eigenvalue weighted by Crippen LogP contribution is -2.32. The normalized spacial score (nSPS) is 13.1. The summed E-state index contributed by atoms with van der Waals surface area (Å²) in [4.78, 5) is 14.2. The minimum atomic E-state index is -3.60. The summed E-state index contributed by atoms with van der Waals surface area (Å²) in [7, 11) is 0.280. The fourth-order valence-corrected chi connectivity index (χ4v) is 3.02. The molecule has 2 N–H and O–H groups in total. The Morgan fingerprint density at radius 2 is 2.00 bits per heavy atom. The molecule has 1 atom stereocenters. The third kappa shape index (κ3) is 6.68. The molecule has 0 spiro atoms. The van der Waals surface area contributed by atoms with Crippen LogP contribution in [0.5, 0.6) is 0 Å². The van der Waals surface area contributed by atoms with Gasteiger partial charge in [0.2, 0.25) is 10.0 Å². The fraction of sp³-hybridized carbons (Fsp3) is 0.562. The van der Waals surface area contributed by atoms with Crippen LogP contribution in [0.2, 0.25) is 0 Å². The Hall–Kier alpha value is -1.44. The molecule has 0 heterocycles. The van der Waals surface area contributed by atoms with E-state index in [4.69, 9.17) is 0 Å². The van der Waals surface area contributed by atoms with E-state index >= 15 is 0 Å². The van der Waals surface area contributed by atoms with Gasteiger partial charge in [-0.1, -0.05) is 13.0 Å². The first-order valence-electron chi connectivity index (χ1n) is 7.81. The van der Waals surface area contributed by atoms with Crippen molar-refractivity contribution in [2.45, 2.75) is 37.6 Å². The van der Waals surface area contributed by atoms with Crippen LogP contribution in [-0.2, 0) is 10.0 Å². The summed E-state index contributed by atoms with van der Waals surface area (Å²) in [5, 5.41) is 2.83. The summed E-state index contributed by atoms with van der Waals surface area (Å²) in [5.41, 5.74) is 0.349. The molecule has 1 aromatic carbocycles. The van der Waals surface area contributed by atoms with Crippen LogP contribution >= 0.6 is 0 Å². The number of hydrogen-bond donors (Lipinski definition) is 2. The van der Waals surface area contributed by atoms with Gasteiger partial charge in [0.15, 0.2) is 0 Å². The van der Waals surface area contributed by atoms with Crippen LogP contribution in [0.3, 0.4) is 0 Å². The summed E-state index contributed by atoms with van der Waals surface area (Å²) in [6.07, 6.45) is 1.54. The van der Waals surface area contributed by atoms with Gasteiger partial charge in [0, 0.05) is 18.2 Å². The summed E-state index contributed by atoms with van der Waals surface area (Å²) in [6.45, 7) is 5.05. The van der Waals surface area contributed by atoms with Gasteiger partial charge < -0.3 is 10.2 Å². The van der Waals surface area contributed by atoms with E-state index in [-0.39, 0.29) is 16.8 Å². The SMILES string of the molecule is CCC(C)NC(=O)c1cccc(S(=O)(=O)NCCCN(C)C)c1. The zero-order valence-electron chi connectivity index (χ0n) is 14.3. The van der Waals surface area contributed by atoms with Crippen LogP contribution in [0.15, 0.2) is 29.2 Å². The van der Waals surface area contributed by atoms with Crippen LogP contribution in [0.1, 0.15) is 37.0 Å². The largest absolute Gasteiger partial charge is 0.350 e. The van der Waals surface area contributed by atoms with Crippen molar-refractivity contribution in [2.24, 2.45) is 0 Å². The minimum Gasteiger partial charge on any atom is -0.350 e. The van der Waals surface area contributed by atoms with E-state index in [1.807, 2.05) is 32.8 Å². The predicted molar refractivity (Wildman–Crippen MR) is 92.0 cm³/mol. The number of benzene rings is 1. The molecule has 0 aliphatic carbocycles. The smallest absolute Gasteiger partial charge is 0.251 e. The quantitative estimate of drug-likeness (QED) is 0.666. The predicted octanol–water partition coefficient (Wildman–Crippen LogP) is 1.44. The Labute approximate surface area is 139 Å². The van der Waals surface area contributed by atoms with Crippen molar-refractivity contribution in [2.75, 3.05) is 27.2 Å². The molecule has 0 bridgehead atoms. The van der Waals surface area contributed by atoms with Crippen LogP contribution in [0.4, 0.5) is 0 Å². The molecule has 1 aromatic rings. The monoisotopic (exact) mass is 341 g/mol. The first kappa shape index (κ1) is 19.6. The van der Waals surface area contributed by atoms with Gasteiger partial charge in [0.1, 0.15) is 0 Å². The molecule has 0 radical (unpaired) electrons. The molecule has 6 nitrogen and oxygen atoms in total. The van der Waals surface area contributed by atoms with Gasteiger partial charge in [0.05, 0.1) is 4.90 Å². The molecule has 0 fully saturated rings. The first-order valence-corrected chi connectivity index (χ1v) is 9.30. The highest BCUT2D eigenvalue weighted by atomic mass is 32.2. The van der Waals surface area contributed by atoms with Crippen molar-refractivity contribution in [1.29, 1.82) is 0 Å². The number of sulfonamides is 1. The highest BCUT2D eigenvalue weighted by Gasteiger charge is 2.16. The number of carbonyl (C=O) groups excluding carboxylic acids is 1. The van der Waals surface area contributed by atoms with Gasteiger partial charge in [-0.05, 0) is 58.6 Å². The van der Waals surface area contributed by atoms with Gasteiger partial charge >= 0.3 is 0 Å². The standard InChI is InChI=1S/C16H27N3O3S/c1-5-13(2)18-16(20)14-8-6-9-15(12-14)23(21,22)17-10-7-11-19(3)4/h6,8-9,12-13,17H,5,7,10-11H2,1-4H3,(H,18,20). The molecule has 1 unspecified atom stereocenters. The number of hydrogen-bond acceptors (Lipinski definition) is 4. The van der Waals surface area contributed by atoms with E-state index in [0.29, 0.717) is 12.1 Å². The lowest BCUT2D eigenvalue weighted by atomic mass is 10.2. The van der Waals surface area contributed by atoms with E-state index in [0.717, 1.165) is 19.4 Å². The number of amides is 1. The van der Waals surface area contributed by atoms with Crippen molar-refractivity contribution >= 4 is 15.9 Å². The van der Waals surface area contributed by atoms with Crippen LogP contribution < -0.4 is 10.0 Å². The van der Waals surface area contributed by atoms with Crippen LogP contribution in [0, 0.1) is 0 Å². The van der Waals surface area contributed by atoms with Crippen molar-refractivity contribution in [3.63, 3.8) is 0 Å². The Kier molecular flexibility index (Phi) is 7.67. The van der Waals surface area contributed by atoms with E-state index < -0.39 is 10.0 Å². The van der Waals surface area contributed by atoms with Gasteiger partial charge in [-0.2, -0.15) is 0 Å². The number of rotatable bonds is 9. The Morgan fingerprint density at radius 1 is 1.30 bits per heavy atom. The maximum Gasteiger partial charge on any atom is 0.251 e. The average molecular weight is 341 g/mol. The molecule has 0 saturated heterocycles. The van der Waals surface area contributed by atoms with Crippen LogP contribution in [0.25, 0.3) is 0 Å². The van der Waals surface area contributed by atoms with Crippen molar-refractivity contribution < 1.29 is 13.2 Å². The first-order chi connectivity index (χ1) is 10.8. The molecule has 0 aromatic heterocycles. The molecule has 130 valence electrons. The van der Waals surface area contributed by atoms with E-state index in [1.54, 1.807) is 12.1 Å². The molecular formula is C16H27N3O3S. The second-order valence-electron chi connectivity index (χ2n) is 5.87. The highest BCUT2D eigenvalue weighted by molar-refractivity contribution is 7.89. The number of carbonyl (C=O) groups is 1. The van der Waals surface area contributed by atoms with E-state index in [1.165, 1.54) is 12.1 Å². The summed E-state index contributed by atoms with van der Waals surface area (Å²) in [6, 6.07) is 6.15. The highest BCUT2D eigenvalue weighted by Crippen LogP contribution is 2.12. The number of nitrogens with one attached hydrogen (secondary N) is 2. The molecule has 0 saturated carbocycles. The molecule has 0 aliphatic rings. The third-order valence-electron chi connectivity index (χ3n) is 3.47. The average Bonchev–Trinajstić information content (AvgIpc) is 2.51. The zero-order valence-corrected chi connectivity index (χ0v) is 15.1. The van der Waals surface area contributed by atoms with E-state index in [2.05, 4.69) is 10.0 Å². The molecule has 23 heavy (non-hydrogen) atoms. The summed E-state index contributed by atoms with van der Waals surface area (Å²) >= 11 is 0. The Bertz CT molecular complexity index is 615. The minimum absolute atomic E-state index is 0.0481. The van der Waals surface area contributed by atoms with Crippen molar-refractivity contribution in [3.8, 4) is 0 Å². The number of nitrogens with zero attached hydrogens (tertiary/aromatic N) is 1. The molecular weight excluding hydrogens is 314 g/mol. The molecule has 0 aliphatic heterocycles. The Balaban J connectivity index is 2.76. The second kappa shape index (κ2) is 9.00. The molecule has 1 rings (SSSR count). The lowest BCUT2D eigenvalue weighted by molar-refractivity contribution is 0.0939. The van der Waals surface area contributed by atoms with Crippen molar-refractivity contribution in [1.82, 2.24) is 14.9 Å². The maximum atomic E-state index is 12.3. The van der Waals surface area contributed by atoms with Gasteiger partial charge in [-0.15, -0.1) is 0 Å². The van der Waals surface area contributed by atoms with Crippen molar-refractivity contribution in [3.05, 3.63) is 29.8 Å². The van der Waals surface area contributed by atoms with Gasteiger partial charge in [0.25, 0.3) is 5.91 Å². The summed E-state index contributed by atoms with van der Waals surface area (Å²) < 4.78 is 27.1. The molecule has 1 amide bonds. The van der Waals surface area contributed by atoms with Gasteiger partial charge in [-0.25, -0.2) is 13.1 Å². The maximum absolute atomic E-state index is 12.3. The van der Waals surface area contributed by atoms with Crippen LogP contribution in [-0.4, -0.2) is 52.5 Å². The summed E-state index contributed by atoms with van der Waals surface area (Å²) in [5.74, 6) is -0.260. The molecule has 7 heteroatoms. The van der Waals surface area contributed by atoms with E-state index in [9.17, 15) is 13.2 Å². The Morgan fingerprint density at radius 3 is 2.61 bits per heavy atom. The zero-order chi connectivity index (χ0) is 17.5. The lowest BCUT2D eigenvalue weighted by Gasteiger charge is -2.13. The topological polar surface area (TPSA) is 78.5 Å².